The summed E-state index contributed by atoms with van der Waals surface area (Å²) in [5, 5.41) is 3.86. The second-order valence-electron chi connectivity index (χ2n) is 8.40. The van der Waals surface area contributed by atoms with Gasteiger partial charge < -0.3 is 14.8 Å². The number of aromatic nitrogens is 2. The number of rotatable bonds is 9. The molecule has 1 aromatic heterocycles. The molecular weight excluding hydrogens is 488 g/mol. The first-order chi connectivity index (χ1) is 17.9. The number of carbonyl (C=O) groups is 2. The van der Waals surface area contributed by atoms with E-state index in [9.17, 15) is 9.59 Å². The number of nitrogens with one attached hydrogen (secondary N) is 2. The van der Waals surface area contributed by atoms with E-state index in [4.69, 9.17) is 9.47 Å². The van der Waals surface area contributed by atoms with Crippen LogP contribution in [0.25, 0.3) is 0 Å². The Kier molecular flexibility index (Phi) is 8.35. The van der Waals surface area contributed by atoms with E-state index in [1.165, 1.54) is 11.8 Å². The first-order valence-electron chi connectivity index (χ1n) is 11.9. The second-order valence-corrected chi connectivity index (χ2v) is 9.17. The second kappa shape index (κ2) is 11.8. The minimum absolute atomic E-state index is 0.109. The van der Waals surface area contributed by atoms with Crippen molar-refractivity contribution in [1.82, 2.24) is 15.0 Å². The van der Waals surface area contributed by atoms with E-state index < -0.39 is 17.9 Å². The van der Waals surface area contributed by atoms with E-state index in [1.54, 1.807) is 31.6 Å². The van der Waals surface area contributed by atoms with Crippen molar-refractivity contribution in [3.8, 4) is 0 Å². The summed E-state index contributed by atoms with van der Waals surface area (Å²) in [5.74, 6) is -1.80. The lowest BCUT2D eigenvalue weighted by atomic mass is 9.83. The smallest absolute Gasteiger partial charge is 0.337 e. The highest BCUT2D eigenvalue weighted by atomic mass is 32.2. The number of thioether (sulfide) groups is 1. The lowest BCUT2D eigenvalue weighted by molar-refractivity contribution is -0.141. The molecule has 192 valence electrons. The third-order valence-corrected chi connectivity index (χ3v) is 6.59. The number of imidazole rings is 1. The van der Waals surface area contributed by atoms with E-state index in [0.29, 0.717) is 33.4 Å². The molecule has 1 unspecified atom stereocenters. The molecule has 1 aliphatic rings. The molecule has 1 aliphatic heterocycles. The van der Waals surface area contributed by atoms with Crippen LogP contribution in [0.15, 0.2) is 94.6 Å². The number of dihydropyridines is 1. The summed E-state index contributed by atoms with van der Waals surface area (Å²) in [6.07, 6.45) is 3.60. The van der Waals surface area contributed by atoms with Crippen LogP contribution in [0.1, 0.15) is 37.9 Å². The summed E-state index contributed by atoms with van der Waals surface area (Å²) in [5.41, 5.74) is 7.56. The van der Waals surface area contributed by atoms with Gasteiger partial charge in [0.25, 0.3) is 0 Å². The van der Waals surface area contributed by atoms with E-state index in [1.807, 2.05) is 66.9 Å². The molecule has 0 bridgehead atoms. The molecule has 0 saturated carbocycles. The Hall–Kier alpha value is -3.98. The maximum atomic E-state index is 13.6. The Labute approximate surface area is 220 Å². The van der Waals surface area contributed by atoms with Crippen molar-refractivity contribution in [2.24, 2.45) is 0 Å². The Morgan fingerprint density at radius 3 is 2.16 bits per heavy atom. The van der Waals surface area contributed by atoms with Crippen LogP contribution in [0.4, 0.5) is 5.69 Å². The van der Waals surface area contributed by atoms with Crippen molar-refractivity contribution in [3.63, 3.8) is 0 Å². The lowest BCUT2D eigenvalue weighted by Crippen LogP contribution is -2.34. The molecule has 1 atom stereocenters. The highest BCUT2D eigenvalue weighted by Crippen LogP contribution is 2.40. The van der Waals surface area contributed by atoms with Crippen LogP contribution in [0.5, 0.6) is 0 Å². The molecular formula is C28H30N4O4S. The Bertz CT molecular complexity index is 1330. The van der Waals surface area contributed by atoms with Crippen LogP contribution >= 0.6 is 11.8 Å². The Balaban J connectivity index is 1.80. The zero-order valence-corrected chi connectivity index (χ0v) is 22.1. The largest absolute Gasteiger partial charge is 0.463 e. The van der Waals surface area contributed by atoms with Gasteiger partial charge in [-0.25, -0.2) is 19.2 Å². The molecule has 4 rings (SSSR count). The van der Waals surface area contributed by atoms with Gasteiger partial charge in [-0.05, 0) is 44.7 Å². The van der Waals surface area contributed by atoms with Crippen LogP contribution in [-0.4, -0.2) is 34.5 Å². The number of hydrogen-bond acceptors (Lipinski definition) is 8. The normalized spacial score (nSPS) is 15.3. The number of allylic oxidation sites excluding steroid dienone is 2. The third kappa shape index (κ3) is 5.72. The molecule has 0 aliphatic carbocycles. The summed E-state index contributed by atoms with van der Waals surface area (Å²) < 4.78 is 13.0. The number of anilines is 1. The van der Waals surface area contributed by atoms with E-state index in [-0.39, 0.29) is 13.2 Å². The maximum absolute atomic E-state index is 13.6. The highest BCUT2D eigenvalue weighted by Gasteiger charge is 2.40. The van der Waals surface area contributed by atoms with Gasteiger partial charge in [0.15, 0.2) is 5.16 Å². The molecule has 2 heterocycles. The van der Waals surface area contributed by atoms with Crippen molar-refractivity contribution in [1.29, 1.82) is 0 Å². The Morgan fingerprint density at radius 2 is 1.57 bits per heavy atom. The van der Waals surface area contributed by atoms with Gasteiger partial charge in [-0.15, -0.1) is 0 Å². The molecule has 0 radical (unpaired) electrons. The van der Waals surface area contributed by atoms with Crippen LogP contribution in [0, 0.1) is 0 Å². The first-order valence-corrected chi connectivity index (χ1v) is 13.2. The van der Waals surface area contributed by atoms with Gasteiger partial charge >= 0.3 is 11.9 Å². The van der Waals surface area contributed by atoms with E-state index in [0.717, 1.165) is 11.3 Å². The van der Waals surface area contributed by atoms with Gasteiger partial charge in [-0.2, -0.15) is 0 Å². The average molecular weight is 519 g/mol. The molecule has 0 amide bonds. The maximum Gasteiger partial charge on any atom is 0.337 e. The first kappa shape index (κ1) is 26.1. The molecule has 0 saturated heterocycles. The Morgan fingerprint density at radius 1 is 0.973 bits per heavy atom. The fourth-order valence-corrected chi connectivity index (χ4v) is 4.78. The SMILES string of the molecule is CCOC(=O)C1=C(C)NC(C)=C(C(=O)OCc2ccccc2)C1c1cnc(SC)n1Nc1ccccc1. The third-order valence-electron chi connectivity index (χ3n) is 5.94. The number of ether oxygens (including phenoxy) is 2. The van der Waals surface area contributed by atoms with Crippen molar-refractivity contribution in [2.45, 2.75) is 38.5 Å². The monoisotopic (exact) mass is 518 g/mol. The van der Waals surface area contributed by atoms with Crippen LogP contribution in [0.2, 0.25) is 0 Å². The van der Waals surface area contributed by atoms with Crippen LogP contribution < -0.4 is 10.7 Å². The zero-order valence-electron chi connectivity index (χ0n) is 21.3. The predicted molar refractivity (Wildman–Crippen MR) is 144 cm³/mol. The lowest BCUT2D eigenvalue weighted by Gasteiger charge is -2.31. The van der Waals surface area contributed by atoms with Crippen molar-refractivity contribution in [3.05, 3.63) is 101 Å². The van der Waals surface area contributed by atoms with Gasteiger partial charge in [0.2, 0.25) is 0 Å². The van der Waals surface area contributed by atoms with Crippen molar-refractivity contribution in [2.75, 3.05) is 18.3 Å². The molecule has 3 aromatic rings. The summed E-state index contributed by atoms with van der Waals surface area (Å²) in [7, 11) is 0. The predicted octanol–water partition coefficient (Wildman–Crippen LogP) is 5.02. The minimum atomic E-state index is -0.770. The topological polar surface area (TPSA) is 94.5 Å². The number of para-hydroxylation sites is 1. The molecule has 9 heteroatoms. The molecule has 2 aromatic carbocycles. The van der Waals surface area contributed by atoms with E-state index >= 15 is 0 Å². The average Bonchev–Trinajstić information content (AvgIpc) is 3.30. The van der Waals surface area contributed by atoms with Crippen molar-refractivity contribution >= 4 is 29.4 Å². The van der Waals surface area contributed by atoms with Gasteiger partial charge in [0.1, 0.15) is 6.61 Å². The number of nitrogens with zero attached hydrogens (tertiary/aromatic N) is 2. The van der Waals surface area contributed by atoms with Gasteiger partial charge in [-0.1, -0.05) is 60.3 Å². The molecule has 0 spiro atoms. The fourth-order valence-electron chi connectivity index (χ4n) is 4.29. The van der Waals surface area contributed by atoms with Crippen LogP contribution in [0.3, 0.4) is 0 Å². The summed E-state index contributed by atoms with van der Waals surface area (Å²) in [6, 6.07) is 19.1. The summed E-state index contributed by atoms with van der Waals surface area (Å²) >= 11 is 1.45. The quantitative estimate of drug-likeness (QED) is 0.301. The van der Waals surface area contributed by atoms with Gasteiger partial charge in [0, 0.05) is 11.4 Å². The van der Waals surface area contributed by atoms with E-state index in [2.05, 4.69) is 15.7 Å². The highest BCUT2D eigenvalue weighted by molar-refractivity contribution is 7.98. The molecule has 37 heavy (non-hydrogen) atoms. The summed E-state index contributed by atoms with van der Waals surface area (Å²) in [6.45, 7) is 5.67. The van der Waals surface area contributed by atoms with Gasteiger partial charge in [0.05, 0.1) is 41.2 Å². The zero-order chi connectivity index (χ0) is 26.4. The summed E-state index contributed by atoms with van der Waals surface area (Å²) in [4.78, 5) is 31.4. The standard InChI is InChI=1S/C28H30N4O4S/c1-5-35-26(33)23-18(2)30-19(3)24(27(34)36-17-20-12-8-6-9-13-20)25(23)22-16-29-28(37-4)32(22)31-21-14-10-7-11-15-21/h6-16,25,30-31H,5,17H2,1-4H3. The molecule has 2 N–H and O–H groups in total. The molecule has 0 fully saturated rings. The van der Waals surface area contributed by atoms with Gasteiger partial charge in [-0.3, -0.25) is 5.43 Å². The fraction of sp³-hybridized carbons (Fsp3) is 0.250. The number of benzene rings is 2. The number of carbonyl (C=O) groups excluding carboxylic acids is 2. The number of esters is 2. The van der Waals surface area contributed by atoms with Crippen molar-refractivity contribution < 1.29 is 19.1 Å². The molecule has 8 nitrogen and oxygen atoms in total. The minimum Gasteiger partial charge on any atom is -0.463 e. The van der Waals surface area contributed by atoms with Crippen LogP contribution in [-0.2, 0) is 25.7 Å². The number of hydrogen-bond donors (Lipinski definition) is 2.